The van der Waals surface area contributed by atoms with Crippen LogP contribution in [0.4, 0.5) is 5.69 Å². The summed E-state index contributed by atoms with van der Waals surface area (Å²) in [6, 6.07) is 13.9. The zero-order valence-corrected chi connectivity index (χ0v) is 14.2. The van der Waals surface area contributed by atoms with E-state index in [1.165, 1.54) is 6.92 Å². The Morgan fingerprint density at radius 3 is 2.36 bits per heavy atom. The smallest absolute Gasteiger partial charge is 0.313 e. The Morgan fingerprint density at radius 2 is 1.72 bits per heavy atom. The minimum Gasteiger partial charge on any atom is -0.497 e. The maximum atomic E-state index is 11.9. The SMILES string of the molecule is COc1cccc(CCNC(=O)C(=O)Nc2ccc(C(C)=O)cc2)c1. The highest BCUT2D eigenvalue weighted by Crippen LogP contribution is 2.12. The zero-order valence-electron chi connectivity index (χ0n) is 14.2. The first kappa shape index (κ1) is 18.2. The van der Waals surface area contributed by atoms with Crippen LogP contribution in [0, 0.1) is 0 Å². The van der Waals surface area contributed by atoms with Crippen LogP contribution in [0.2, 0.25) is 0 Å². The zero-order chi connectivity index (χ0) is 18.2. The van der Waals surface area contributed by atoms with Crippen LogP contribution in [0.1, 0.15) is 22.8 Å². The van der Waals surface area contributed by atoms with E-state index in [1.54, 1.807) is 31.4 Å². The predicted octanol–water partition coefficient (Wildman–Crippen LogP) is 2.20. The Kier molecular flexibility index (Phi) is 6.28. The second kappa shape index (κ2) is 8.63. The molecule has 2 aromatic carbocycles. The number of amides is 2. The first-order valence-electron chi connectivity index (χ1n) is 7.82. The van der Waals surface area contributed by atoms with E-state index in [1.807, 2.05) is 24.3 Å². The topological polar surface area (TPSA) is 84.5 Å². The molecule has 2 N–H and O–H groups in total. The Hall–Kier alpha value is -3.15. The van der Waals surface area contributed by atoms with Crippen LogP contribution in [0.3, 0.4) is 0 Å². The third-order valence-corrected chi connectivity index (χ3v) is 3.59. The van der Waals surface area contributed by atoms with Crippen LogP contribution in [-0.4, -0.2) is 31.3 Å². The van der Waals surface area contributed by atoms with E-state index in [-0.39, 0.29) is 5.78 Å². The molecule has 2 aromatic rings. The molecule has 0 heterocycles. The Labute approximate surface area is 146 Å². The average Bonchev–Trinajstić information content (AvgIpc) is 2.62. The first-order valence-corrected chi connectivity index (χ1v) is 7.82. The van der Waals surface area contributed by atoms with Gasteiger partial charge in [0.15, 0.2) is 5.78 Å². The summed E-state index contributed by atoms with van der Waals surface area (Å²) in [6.45, 7) is 1.80. The summed E-state index contributed by atoms with van der Waals surface area (Å²) in [7, 11) is 1.59. The van der Waals surface area contributed by atoms with Gasteiger partial charge in [-0.2, -0.15) is 0 Å². The van der Waals surface area contributed by atoms with E-state index < -0.39 is 11.8 Å². The van der Waals surface area contributed by atoms with Crippen molar-refractivity contribution in [1.29, 1.82) is 0 Å². The number of nitrogens with one attached hydrogen (secondary N) is 2. The molecule has 0 spiro atoms. The molecule has 0 aliphatic carbocycles. The van der Waals surface area contributed by atoms with E-state index in [9.17, 15) is 14.4 Å². The highest BCUT2D eigenvalue weighted by atomic mass is 16.5. The van der Waals surface area contributed by atoms with Crippen LogP contribution < -0.4 is 15.4 Å². The van der Waals surface area contributed by atoms with Crippen molar-refractivity contribution in [2.24, 2.45) is 0 Å². The average molecular weight is 340 g/mol. The maximum absolute atomic E-state index is 11.9. The molecule has 0 saturated heterocycles. The van der Waals surface area contributed by atoms with Crippen LogP contribution >= 0.6 is 0 Å². The number of anilines is 1. The van der Waals surface area contributed by atoms with Crippen molar-refractivity contribution in [2.45, 2.75) is 13.3 Å². The second-order valence-corrected chi connectivity index (χ2v) is 5.45. The largest absolute Gasteiger partial charge is 0.497 e. The molecule has 0 aliphatic heterocycles. The van der Waals surface area contributed by atoms with Crippen molar-refractivity contribution in [3.05, 3.63) is 59.7 Å². The Balaban J connectivity index is 1.81. The van der Waals surface area contributed by atoms with Gasteiger partial charge in [0.25, 0.3) is 0 Å². The quantitative estimate of drug-likeness (QED) is 0.624. The van der Waals surface area contributed by atoms with Crippen molar-refractivity contribution >= 4 is 23.3 Å². The molecule has 0 atom stereocenters. The lowest BCUT2D eigenvalue weighted by atomic mass is 10.1. The molecule has 130 valence electrons. The molecule has 6 heteroatoms. The molecule has 0 bridgehead atoms. The van der Waals surface area contributed by atoms with Crippen molar-refractivity contribution in [3.63, 3.8) is 0 Å². The summed E-state index contributed by atoms with van der Waals surface area (Å²) < 4.78 is 5.14. The lowest BCUT2D eigenvalue weighted by Gasteiger charge is -2.08. The van der Waals surface area contributed by atoms with E-state index in [0.29, 0.717) is 24.2 Å². The molecule has 0 radical (unpaired) electrons. The summed E-state index contributed by atoms with van der Waals surface area (Å²) in [6.07, 6.45) is 0.587. The number of Topliss-reactive ketones (excluding diaryl/α,β-unsaturated/α-hetero) is 1. The standard InChI is InChI=1S/C19H20N2O4/c1-13(22)15-6-8-16(9-7-15)21-19(24)18(23)20-11-10-14-4-3-5-17(12-14)25-2/h3-9,12H,10-11H2,1-2H3,(H,20,23)(H,21,24). The third-order valence-electron chi connectivity index (χ3n) is 3.59. The fourth-order valence-electron chi connectivity index (χ4n) is 2.20. The normalized spacial score (nSPS) is 10.0. The van der Waals surface area contributed by atoms with Gasteiger partial charge in [0, 0.05) is 17.8 Å². The molecule has 2 rings (SSSR count). The van der Waals surface area contributed by atoms with Crippen molar-refractivity contribution in [3.8, 4) is 5.75 Å². The molecule has 0 aliphatic rings. The van der Waals surface area contributed by atoms with Gasteiger partial charge in [-0.15, -0.1) is 0 Å². The number of carbonyl (C=O) groups excluding carboxylic acids is 3. The van der Waals surface area contributed by atoms with E-state index in [2.05, 4.69) is 10.6 Å². The van der Waals surface area contributed by atoms with Crippen LogP contribution in [0.15, 0.2) is 48.5 Å². The highest BCUT2D eigenvalue weighted by molar-refractivity contribution is 6.39. The number of ketones is 1. The van der Waals surface area contributed by atoms with Gasteiger partial charge in [0.2, 0.25) is 0 Å². The Bertz CT molecular complexity index is 769. The minimum atomic E-state index is -0.749. The van der Waals surface area contributed by atoms with Crippen molar-refractivity contribution in [2.75, 3.05) is 19.0 Å². The molecule has 25 heavy (non-hydrogen) atoms. The van der Waals surface area contributed by atoms with Crippen molar-refractivity contribution in [1.82, 2.24) is 5.32 Å². The van der Waals surface area contributed by atoms with Crippen molar-refractivity contribution < 1.29 is 19.1 Å². The first-order chi connectivity index (χ1) is 12.0. The summed E-state index contributed by atoms with van der Waals surface area (Å²) in [5, 5.41) is 5.06. The van der Waals surface area contributed by atoms with Gasteiger partial charge in [0.1, 0.15) is 5.75 Å². The molecule has 2 amide bonds. The van der Waals surface area contributed by atoms with Gasteiger partial charge in [-0.05, 0) is 55.3 Å². The predicted molar refractivity (Wildman–Crippen MR) is 94.8 cm³/mol. The van der Waals surface area contributed by atoms with Gasteiger partial charge in [-0.1, -0.05) is 12.1 Å². The monoisotopic (exact) mass is 340 g/mol. The molecule has 0 saturated carbocycles. The summed E-state index contributed by atoms with van der Waals surface area (Å²) in [5.41, 5.74) is 2.00. The van der Waals surface area contributed by atoms with Crippen LogP contribution in [0.25, 0.3) is 0 Å². The minimum absolute atomic E-state index is 0.0619. The molecule has 6 nitrogen and oxygen atoms in total. The second-order valence-electron chi connectivity index (χ2n) is 5.45. The van der Waals surface area contributed by atoms with Gasteiger partial charge in [0.05, 0.1) is 7.11 Å². The summed E-state index contributed by atoms with van der Waals surface area (Å²) in [5.74, 6) is -0.775. The van der Waals surface area contributed by atoms with Gasteiger partial charge < -0.3 is 15.4 Å². The molecule has 0 aromatic heterocycles. The van der Waals surface area contributed by atoms with E-state index in [4.69, 9.17) is 4.74 Å². The number of ether oxygens (including phenoxy) is 1. The fraction of sp³-hybridized carbons (Fsp3) is 0.211. The summed E-state index contributed by atoms with van der Waals surface area (Å²) >= 11 is 0. The maximum Gasteiger partial charge on any atom is 0.313 e. The van der Waals surface area contributed by atoms with E-state index in [0.717, 1.165) is 11.3 Å². The lowest BCUT2D eigenvalue weighted by Crippen LogP contribution is -2.36. The molecular formula is C19H20N2O4. The van der Waals surface area contributed by atoms with Crippen LogP contribution in [-0.2, 0) is 16.0 Å². The van der Waals surface area contributed by atoms with E-state index >= 15 is 0 Å². The number of hydrogen-bond donors (Lipinski definition) is 2. The lowest BCUT2D eigenvalue weighted by molar-refractivity contribution is -0.136. The van der Waals surface area contributed by atoms with Gasteiger partial charge in [-0.3, -0.25) is 14.4 Å². The third kappa shape index (κ3) is 5.46. The molecule has 0 unspecified atom stereocenters. The number of benzene rings is 2. The fourth-order valence-corrected chi connectivity index (χ4v) is 2.20. The Morgan fingerprint density at radius 1 is 1.00 bits per heavy atom. The van der Waals surface area contributed by atoms with Gasteiger partial charge >= 0.3 is 11.8 Å². The molecule has 0 fully saturated rings. The number of hydrogen-bond acceptors (Lipinski definition) is 4. The number of methoxy groups -OCH3 is 1. The number of carbonyl (C=O) groups is 3. The van der Waals surface area contributed by atoms with Gasteiger partial charge in [-0.25, -0.2) is 0 Å². The highest BCUT2D eigenvalue weighted by Gasteiger charge is 2.13. The molecular weight excluding hydrogens is 320 g/mol. The number of rotatable bonds is 6. The van der Waals surface area contributed by atoms with Crippen LogP contribution in [0.5, 0.6) is 5.75 Å². The summed E-state index contributed by atoms with van der Waals surface area (Å²) in [4.78, 5) is 34.9.